The van der Waals surface area contributed by atoms with Crippen LogP contribution in [0.4, 0.5) is 0 Å². The first kappa shape index (κ1) is 10.4. The van der Waals surface area contributed by atoms with Crippen molar-refractivity contribution in [1.82, 2.24) is 9.38 Å². The first-order chi connectivity index (χ1) is 9.92. The summed E-state index contributed by atoms with van der Waals surface area (Å²) in [5.74, 6) is 0. The number of thiophene rings is 1. The summed E-state index contributed by atoms with van der Waals surface area (Å²) in [7, 11) is 0. The number of benzene rings is 2. The molecule has 0 aliphatic carbocycles. The van der Waals surface area contributed by atoms with Crippen LogP contribution in [0.1, 0.15) is 0 Å². The Labute approximate surface area is 118 Å². The summed E-state index contributed by atoms with van der Waals surface area (Å²) >= 11 is 1.83. The quantitative estimate of drug-likeness (QED) is 0.394. The van der Waals surface area contributed by atoms with Crippen LogP contribution in [0.5, 0.6) is 0 Å². The number of nitrogens with zero attached hydrogens (tertiary/aromatic N) is 2. The summed E-state index contributed by atoms with van der Waals surface area (Å²) < 4.78 is 4.68. The van der Waals surface area contributed by atoms with Crippen molar-refractivity contribution in [3.8, 4) is 0 Å². The molecule has 3 aromatic heterocycles. The highest BCUT2D eigenvalue weighted by Crippen LogP contribution is 2.39. The number of aromatic nitrogens is 2. The monoisotopic (exact) mass is 274 g/mol. The number of imidazole rings is 1. The van der Waals surface area contributed by atoms with Crippen LogP contribution in [0.25, 0.3) is 36.6 Å². The number of pyridine rings is 1. The smallest absolute Gasteiger partial charge is 0.154 e. The second-order valence-corrected chi connectivity index (χ2v) is 6.03. The Bertz CT molecular complexity index is 1100. The van der Waals surface area contributed by atoms with E-state index in [1.807, 2.05) is 23.7 Å². The number of hydrogen-bond donors (Lipinski definition) is 0. The van der Waals surface area contributed by atoms with Gasteiger partial charge in [0.15, 0.2) is 5.65 Å². The molecule has 0 fully saturated rings. The lowest BCUT2D eigenvalue weighted by Gasteiger charge is -2.00. The van der Waals surface area contributed by atoms with Gasteiger partial charge in [-0.25, -0.2) is 4.98 Å². The van der Waals surface area contributed by atoms with Gasteiger partial charge in [-0.3, -0.25) is 0 Å². The van der Waals surface area contributed by atoms with Gasteiger partial charge in [-0.15, -0.1) is 11.3 Å². The third kappa shape index (κ3) is 1.20. The number of fused-ring (bicyclic) bond motifs is 7. The van der Waals surface area contributed by atoms with E-state index in [4.69, 9.17) is 0 Å². The molecule has 2 nitrogen and oxygen atoms in total. The van der Waals surface area contributed by atoms with E-state index in [9.17, 15) is 0 Å². The van der Waals surface area contributed by atoms with E-state index in [1.165, 1.54) is 30.9 Å². The van der Waals surface area contributed by atoms with Gasteiger partial charge < -0.3 is 4.40 Å². The highest BCUT2D eigenvalue weighted by molar-refractivity contribution is 7.26. The summed E-state index contributed by atoms with van der Waals surface area (Å²) in [5.41, 5.74) is 1.05. The molecule has 5 aromatic rings. The minimum Gasteiger partial charge on any atom is -0.306 e. The maximum absolute atomic E-state index is 4.50. The van der Waals surface area contributed by atoms with Gasteiger partial charge in [0, 0.05) is 34.1 Å². The molecule has 0 N–H and O–H groups in total. The van der Waals surface area contributed by atoms with Crippen LogP contribution >= 0.6 is 11.3 Å². The minimum atomic E-state index is 1.05. The lowest BCUT2D eigenvalue weighted by Crippen LogP contribution is -1.81. The van der Waals surface area contributed by atoms with E-state index in [0.29, 0.717) is 0 Å². The Hall–Kier alpha value is -2.39. The maximum atomic E-state index is 4.50. The molecule has 0 spiro atoms. The average molecular weight is 274 g/mol. The number of rotatable bonds is 0. The second kappa shape index (κ2) is 3.58. The Morgan fingerprint density at radius 2 is 1.85 bits per heavy atom. The SMILES string of the molecule is c1ccc2c(c1)ccc1sc3c(ccn4ccnc34)c12. The first-order valence-corrected chi connectivity index (χ1v) is 7.39. The van der Waals surface area contributed by atoms with Gasteiger partial charge in [0.2, 0.25) is 0 Å². The highest BCUT2D eigenvalue weighted by atomic mass is 32.1. The largest absolute Gasteiger partial charge is 0.306 e. The van der Waals surface area contributed by atoms with Crippen molar-refractivity contribution in [2.24, 2.45) is 0 Å². The molecule has 0 aliphatic rings. The fraction of sp³-hybridized carbons (Fsp3) is 0. The molecule has 2 aromatic carbocycles. The van der Waals surface area contributed by atoms with E-state index in [1.54, 1.807) is 0 Å². The van der Waals surface area contributed by atoms with Crippen molar-refractivity contribution in [2.75, 3.05) is 0 Å². The van der Waals surface area contributed by atoms with Crippen LogP contribution in [0.3, 0.4) is 0 Å². The van der Waals surface area contributed by atoms with Crippen LogP contribution in [-0.4, -0.2) is 9.38 Å². The van der Waals surface area contributed by atoms with Crippen molar-refractivity contribution in [3.05, 3.63) is 61.1 Å². The van der Waals surface area contributed by atoms with Crippen LogP contribution in [0, 0.1) is 0 Å². The van der Waals surface area contributed by atoms with Crippen molar-refractivity contribution >= 4 is 47.9 Å². The summed E-state index contributed by atoms with van der Waals surface area (Å²) in [6.07, 6.45) is 5.95. The number of hydrogen-bond acceptors (Lipinski definition) is 2. The van der Waals surface area contributed by atoms with E-state index in [-0.39, 0.29) is 0 Å². The standard InChI is InChI=1S/C17H10N2S/c1-2-4-12-11(3-1)5-6-14-15(12)13-7-9-19-10-8-18-17(19)16(13)20-14/h1-10H. The molecule has 0 amide bonds. The van der Waals surface area contributed by atoms with Gasteiger partial charge in [0.05, 0.1) is 4.70 Å². The topological polar surface area (TPSA) is 17.3 Å². The molecule has 0 saturated heterocycles. The highest BCUT2D eigenvalue weighted by Gasteiger charge is 2.11. The van der Waals surface area contributed by atoms with E-state index in [0.717, 1.165) is 5.65 Å². The fourth-order valence-corrected chi connectivity index (χ4v) is 4.19. The molecule has 0 saturated carbocycles. The predicted octanol–water partition coefficient (Wildman–Crippen LogP) is 4.86. The Morgan fingerprint density at radius 1 is 0.900 bits per heavy atom. The lowest BCUT2D eigenvalue weighted by molar-refractivity contribution is 1.21. The molecule has 3 heteroatoms. The molecule has 0 bridgehead atoms. The van der Waals surface area contributed by atoms with Crippen molar-refractivity contribution in [2.45, 2.75) is 0 Å². The lowest BCUT2D eigenvalue weighted by atomic mass is 10.0. The van der Waals surface area contributed by atoms with Crippen LogP contribution in [0.15, 0.2) is 61.1 Å². The average Bonchev–Trinajstić information content (AvgIpc) is 3.10. The summed E-state index contributed by atoms with van der Waals surface area (Å²) in [6, 6.07) is 15.2. The molecular formula is C17H10N2S. The summed E-state index contributed by atoms with van der Waals surface area (Å²) in [5, 5.41) is 5.28. The fourth-order valence-electron chi connectivity index (χ4n) is 2.98. The molecule has 0 atom stereocenters. The zero-order chi connectivity index (χ0) is 13.1. The Kier molecular flexibility index (Phi) is 1.86. The van der Waals surface area contributed by atoms with E-state index in [2.05, 4.69) is 58.0 Å². The first-order valence-electron chi connectivity index (χ1n) is 6.57. The van der Waals surface area contributed by atoms with Crippen LogP contribution in [-0.2, 0) is 0 Å². The summed E-state index contributed by atoms with van der Waals surface area (Å²) in [4.78, 5) is 4.50. The van der Waals surface area contributed by atoms with E-state index >= 15 is 0 Å². The van der Waals surface area contributed by atoms with Gasteiger partial charge in [-0.1, -0.05) is 30.3 Å². The zero-order valence-electron chi connectivity index (χ0n) is 10.6. The van der Waals surface area contributed by atoms with E-state index < -0.39 is 0 Å². The van der Waals surface area contributed by atoms with Gasteiger partial charge in [-0.05, 0) is 22.9 Å². The van der Waals surface area contributed by atoms with Crippen molar-refractivity contribution in [1.29, 1.82) is 0 Å². The minimum absolute atomic E-state index is 1.05. The Morgan fingerprint density at radius 3 is 2.85 bits per heavy atom. The van der Waals surface area contributed by atoms with Gasteiger partial charge >= 0.3 is 0 Å². The van der Waals surface area contributed by atoms with Gasteiger partial charge in [0.1, 0.15) is 0 Å². The summed E-state index contributed by atoms with van der Waals surface area (Å²) in [6.45, 7) is 0. The molecule has 5 rings (SSSR count). The third-order valence-electron chi connectivity index (χ3n) is 3.89. The van der Waals surface area contributed by atoms with Gasteiger partial charge in [-0.2, -0.15) is 0 Å². The molecule has 3 heterocycles. The molecule has 20 heavy (non-hydrogen) atoms. The molecule has 94 valence electrons. The van der Waals surface area contributed by atoms with Gasteiger partial charge in [0.25, 0.3) is 0 Å². The molecule has 0 radical (unpaired) electrons. The zero-order valence-corrected chi connectivity index (χ0v) is 11.4. The second-order valence-electron chi connectivity index (χ2n) is 4.98. The van der Waals surface area contributed by atoms with Crippen molar-refractivity contribution < 1.29 is 0 Å². The Balaban J connectivity index is 2.14. The van der Waals surface area contributed by atoms with Crippen molar-refractivity contribution in [3.63, 3.8) is 0 Å². The molecular weight excluding hydrogens is 264 g/mol. The normalized spacial score (nSPS) is 12.0. The van der Waals surface area contributed by atoms with Crippen LogP contribution in [0.2, 0.25) is 0 Å². The predicted molar refractivity (Wildman–Crippen MR) is 85.6 cm³/mol. The maximum Gasteiger partial charge on any atom is 0.154 e. The third-order valence-corrected chi connectivity index (χ3v) is 5.06. The molecule has 0 aliphatic heterocycles. The molecule has 0 unspecified atom stereocenters. The van der Waals surface area contributed by atoms with Crippen LogP contribution < -0.4 is 0 Å².